The van der Waals surface area contributed by atoms with Crippen LogP contribution < -0.4 is 10.1 Å². The highest BCUT2D eigenvalue weighted by atomic mass is 32.2. The molecule has 0 radical (unpaired) electrons. The summed E-state index contributed by atoms with van der Waals surface area (Å²) in [7, 11) is 1.62. The Balaban J connectivity index is 2.24. The van der Waals surface area contributed by atoms with Crippen LogP contribution in [0.2, 0.25) is 0 Å². The van der Waals surface area contributed by atoms with E-state index >= 15 is 0 Å². The molecule has 0 bridgehead atoms. The largest absolute Gasteiger partial charge is 0.497 e. The van der Waals surface area contributed by atoms with Crippen LogP contribution in [0.4, 0.5) is 4.39 Å². The number of carbonyl (C=O) groups is 1. The Morgan fingerprint density at radius 2 is 2.12 bits per heavy atom. The van der Waals surface area contributed by atoms with E-state index in [9.17, 15) is 9.18 Å². The van der Waals surface area contributed by atoms with E-state index in [-0.39, 0.29) is 0 Å². The summed E-state index contributed by atoms with van der Waals surface area (Å²) in [4.78, 5) is 11.7. The lowest BCUT2D eigenvalue weighted by atomic mass is 10.3. The van der Waals surface area contributed by atoms with Gasteiger partial charge in [0.05, 0.1) is 7.11 Å². The number of thioether (sulfide) groups is 1. The van der Waals surface area contributed by atoms with Gasteiger partial charge in [-0.3, -0.25) is 4.79 Å². The van der Waals surface area contributed by atoms with Crippen LogP contribution in [0.25, 0.3) is 0 Å². The molecule has 0 aliphatic heterocycles. The number of rotatable bonds is 6. The molecule has 0 aromatic heterocycles. The lowest BCUT2D eigenvalue weighted by Gasteiger charge is -2.04. The molecule has 1 aromatic rings. The minimum absolute atomic E-state index is 0.472. The molecule has 1 rings (SSSR count). The molecule has 0 unspecified atom stereocenters. The number of carbonyl (C=O) groups excluding carboxylic acids is 1. The molecule has 0 saturated heterocycles. The molecule has 0 fully saturated rings. The van der Waals surface area contributed by atoms with Gasteiger partial charge in [0.1, 0.15) is 5.75 Å². The fourth-order valence-electron chi connectivity index (χ4n) is 1.08. The van der Waals surface area contributed by atoms with Crippen LogP contribution >= 0.6 is 11.8 Å². The number of hydrogen-bond donors (Lipinski definition) is 1. The molecule has 5 heteroatoms. The van der Waals surface area contributed by atoms with Gasteiger partial charge >= 0.3 is 0 Å². The van der Waals surface area contributed by atoms with Gasteiger partial charge in [0.2, 0.25) is 0 Å². The van der Waals surface area contributed by atoms with Crippen molar-refractivity contribution in [2.45, 2.75) is 4.90 Å². The van der Waals surface area contributed by atoms with E-state index in [0.717, 1.165) is 16.4 Å². The summed E-state index contributed by atoms with van der Waals surface area (Å²) in [6.45, 7) is -0.480. The maximum Gasteiger partial charge on any atom is 0.251 e. The fraction of sp³-hybridized carbons (Fsp3) is 0.364. The van der Waals surface area contributed by atoms with Crippen molar-refractivity contribution in [3.05, 3.63) is 24.3 Å². The molecule has 16 heavy (non-hydrogen) atoms. The summed E-state index contributed by atoms with van der Waals surface area (Å²) in [5, 5.41) is 2.47. The summed E-state index contributed by atoms with van der Waals surface area (Å²) >= 11 is 1.60. The van der Waals surface area contributed by atoms with Crippen molar-refractivity contribution in [1.82, 2.24) is 5.32 Å². The molecule has 3 nitrogen and oxygen atoms in total. The highest BCUT2D eigenvalue weighted by Crippen LogP contribution is 2.20. The van der Waals surface area contributed by atoms with Crippen LogP contribution in [0.1, 0.15) is 0 Å². The zero-order valence-corrected chi connectivity index (χ0v) is 9.85. The zero-order valence-electron chi connectivity index (χ0n) is 9.03. The third kappa shape index (κ3) is 4.53. The third-order valence-electron chi connectivity index (χ3n) is 1.87. The Hall–Kier alpha value is -1.23. The summed E-state index contributed by atoms with van der Waals surface area (Å²) in [6.07, 6.45) is 0. The van der Waals surface area contributed by atoms with Gasteiger partial charge in [-0.1, -0.05) is 0 Å². The molecule has 1 amide bonds. The molecule has 0 heterocycles. The second kappa shape index (κ2) is 7.11. The molecule has 0 spiro atoms. The van der Waals surface area contributed by atoms with Crippen LogP contribution in [-0.2, 0) is 4.79 Å². The van der Waals surface area contributed by atoms with Crippen LogP contribution in [0, 0.1) is 0 Å². The predicted octanol–water partition coefficient (Wildman–Crippen LogP) is 1.87. The van der Waals surface area contributed by atoms with Crippen LogP contribution in [0.15, 0.2) is 29.2 Å². The van der Waals surface area contributed by atoms with E-state index < -0.39 is 12.6 Å². The number of amides is 1. The lowest BCUT2D eigenvalue weighted by Crippen LogP contribution is -2.26. The van der Waals surface area contributed by atoms with Crippen LogP contribution in [-0.4, -0.2) is 32.0 Å². The highest BCUT2D eigenvalue weighted by Gasteiger charge is 1.99. The first-order chi connectivity index (χ1) is 7.76. The van der Waals surface area contributed by atoms with Gasteiger partial charge in [-0.25, -0.2) is 4.39 Å². The van der Waals surface area contributed by atoms with Gasteiger partial charge < -0.3 is 10.1 Å². The minimum atomic E-state index is -0.951. The minimum Gasteiger partial charge on any atom is -0.497 e. The lowest BCUT2D eigenvalue weighted by molar-refractivity contribution is -0.121. The summed E-state index contributed by atoms with van der Waals surface area (Å²) in [6, 6.07) is 7.64. The quantitative estimate of drug-likeness (QED) is 0.612. The number of hydrogen-bond acceptors (Lipinski definition) is 3. The zero-order chi connectivity index (χ0) is 11.8. The monoisotopic (exact) mass is 243 g/mol. The Kier molecular flexibility index (Phi) is 5.71. The Morgan fingerprint density at radius 3 is 2.69 bits per heavy atom. The van der Waals surface area contributed by atoms with E-state index in [1.165, 1.54) is 0 Å². The first-order valence-corrected chi connectivity index (χ1v) is 5.84. The summed E-state index contributed by atoms with van der Waals surface area (Å²) < 4.78 is 16.8. The van der Waals surface area contributed by atoms with Crippen molar-refractivity contribution in [2.75, 3.05) is 26.1 Å². The maximum atomic E-state index is 11.8. The van der Waals surface area contributed by atoms with E-state index in [2.05, 4.69) is 5.32 Å². The van der Waals surface area contributed by atoms with Crippen molar-refractivity contribution < 1.29 is 13.9 Å². The SMILES string of the molecule is COc1ccc(SCCNC(=O)CF)cc1. The van der Waals surface area contributed by atoms with Crippen molar-refractivity contribution in [1.29, 1.82) is 0 Å². The Morgan fingerprint density at radius 1 is 1.44 bits per heavy atom. The standard InChI is InChI=1S/C11H14FNO2S/c1-15-9-2-4-10(5-3-9)16-7-6-13-11(14)8-12/h2-5H,6-8H2,1H3,(H,13,14). The molecule has 0 saturated carbocycles. The molecule has 1 N–H and O–H groups in total. The van der Waals surface area contributed by atoms with E-state index in [1.54, 1.807) is 18.9 Å². The molecular weight excluding hydrogens is 229 g/mol. The third-order valence-corrected chi connectivity index (χ3v) is 2.89. The summed E-state index contributed by atoms with van der Waals surface area (Å²) in [5.41, 5.74) is 0. The fourth-order valence-corrected chi connectivity index (χ4v) is 1.85. The van der Waals surface area contributed by atoms with Gasteiger partial charge in [0, 0.05) is 17.2 Å². The van der Waals surface area contributed by atoms with E-state index in [1.807, 2.05) is 24.3 Å². The van der Waals surface area contributed by atoms with Crippen molar-refractivity contribution in [2.24, 2.45) is 0 Å². The molecule has 1 aromatic carbocycles. The first kappa shape index (κ1) is 12.8. The summed E-state index contributed by atoms with van der Waals surface area (Å²) in [5.74, 6) is 0.975. The number of halogens is 1. The van der Waals surface area contributed by atoms with E-state index in [4.69, 9.17) is 4.74 Å². The smallest absolute Gasteiger partial charge is 0.251 e. The van der Waals surface area contributed by atoms with Crippen molar-refractivity contribution >= 4 is 17.7 Å². The average Bonchev–Trinajstić information content (AvgIpc) is 2.35. The van der Waals surface area contributed by atoms with Gasteiger partial charge in [-0.15, -0.1) is 11.8 Å². The molecule has 88 valence electrons. The molecular formula is C11H14FNO2S. The number of benzene rings is 1. The molecule has 0 atom stereocenters. The van der Waals surface area contributed by atoms with E-state index in [0.29, 0.717) is 6.54 Å². The average molecular weight is 243 g/mol. The van der Waals surface area contributed by atoms with Gasteiger partial charge in [0.15, 0.2) is 6.67 Å². The second-order valence-corrected chi connectivity index (χ2v) is 4.18. The number of nitrogens with one attached hydrogen (secondary N) is 1. The predicted molar refractivity (Wildman–Crippen MR) is 62.7 cm³/mol. The van der Waals surface area contributed by atoms with Crippen molar-refractivity contribution in [3.8, 4) is 5.75 Å². The number of ether oxygens (including phenoxy) is 1. The van der Waals surface area contributed by atoms with Gasteiger partial charge in [-0.2, -0.15) is 0 Å². The Bertz CT molecular complexity index is 329. The first-order valence-electron chi connectivity index (χ1n) is 4.86. The van der Waals surface area contributed by atoms with Crippen LogP contribution in [0.3, 0.4) is 0 Å². The second-order valence-electron chi connectivity index (χ2n) is 3.01. The molecule has 0 aliphatic carbocycles. The van der Waals surface area contributed by atoms with Gasteiger partial charge in [0.25, 0.3) is 5.91 Å². The topological polar surface area (TPSA) is 38.3 Å². The van der Waals surface area contributed by atoms with Crippen LogP contribution in [0.5, 0.6) is 5.75 Å². The maximum absolute atomic E-state index is 11.8. The van der Waals surface area contributed by atoms with Crippen molar-refractivity contribution in [3.63, 3.8) is 0 Å². The molecule has 0 aliphatic rings. The highest BCUT2D eigenvalue weighted by molar-refractivity contribution is 7.99. The number of alkyl halides is 1. The normalized spacial score (nSPS) is 9.88. The van der Waals surface area contributed by atoms with Gasteiger partial charge in [-0.05, 0) is 24.3 Å². The number of methoxy groups -OCH3 is 1. The Labute approximate surface area is 98.4 Å².